The van der Waals surface area contributed by atoms with Crippen LogP contribution in [0.5, 0.6) is 0 Å². The normalized spacial score (nSPS) is 14.1. The van der Waals surface area contributed by atoms with E-state index in [2.05, 4.69) is 19.1 Å². The Labute approximate surface area is 197 Å². The van der Waals surface area contributed by atoms with Crippen molar-refractivity contribution in [3.63, 3.8) is 0 Å². The SMILES string of the molecule is CCCCC/C=C\CCCCCCCCC(O)C/C=C\CCC(O)C/C=C\CCC(=O)O. The van der Waals surface area contributed by atoms with E-state index in [9.17, 15) is 15.0 Å². The number of allylic oxidation sites excluding steroid dienone is 4. The van der Waals surface area contributed by atoms with E-state index < -0.39 is 12.1 Å². The fraction of sp³-hybridized carbons (Fsp3) is 0.750. The third kappa shape index (κ3) is 24.9. The molecular weight excluding hydrogens is 400 g/mol. The molecule has 3 N–H and O–H groups in total. The first-order valence-electron chi connectivity index (χ1n) is 13.1. The number of aliphatic carboxylic acids is 1. The van der Waals surface area contributed by atoms with E-state index in [0.717, 1.165) is 19.3 Å². The molecule has 4 nitrogen and oxygen atoms in total. The zero-order chi connectivity index (χ0) is 23.7. The number of unbranched alkanes of at least 4 members (excludes halogenated alkanes) is 9. The van der Waals surface area contributed by atoms with Crippen LogP contribution in [0.15, 0.2) is 36.5 Å². The van der Waals surface area contributed by atoms with E-state index in [0.29, 0.717) is 25.7 Å². The topological polar surface area (TPSA) is 77.8 Å². The summed E-state index contributed by atoms with van der Waals surface area (Å²) >= 11 is 0. The molecular formula is C28H50O4. The highest BCUT2D eigenvalue weighted by molar-refractivity contribution is 5.66. The molecule has 186 valence electrons. The van der Waals surface area contributed by atoms with Gasteiger partial charge in [0.2, 0.25) is 0 Å². The molecule has 0 saturated carbocycles. The molecule has 0 aliphatic rings. The Morgan fingerprint density at radius 3 is 1.75 bits per heavy atom. The number of carboxylic acid groups (broad SMARTS) is 1. The molecule has 0 heterocycles. The minimum absolute atomic E-state index is 0.134. The Bertz CT molecular complexity index is 496. The highest BCUT2D eigenvalue weighted by Gasteiger charge is 2.02. The van der Waals surface area contributed by atoms with Crippen LogP contribution in [0.4, 0.5) is 0 Å². The first kappa shape index (κ1) is 30.6. The van der Waals surface area contributed by atoms with Gasteiger partial charge in [0.1, 0.15) is 0 Å². The molecule has 0 aromatic heterocycles. The van der Waals surface area contributed by atoms with Gasteiger partial charge in [0, 0.05) is 6.42 Å². The molecule has 0 saturated heterocycles. The van der Waals surface area contributed by atoms with Gasteiger partial charge in [0.15, 0.2) is 0 Å². The Morgan fingerprint density at radius 2 is 1.12 bits per heavy atom. The molecule has 0 aliphatic carbocycles. The van der Waals surface area contributed by atoms with Crippen molar-refractivity contribution in [2.75, 3.05) is 0 Å². The predicted octanol–water partition coefficient (Wildman–Crippen LogP) is 7.50. The van der Waals surface area contributed by atoms with Crippen LogP contribution in [0.2, 0.25) is 0 Å². The van der Waals surface area contributed by atoms with Crippen LogP contribution in [-0.2, 0) is 4.79 Å². The Morgan fingerprint density at radius 1 is 0.625 bits per heavy atom. The Balaban J connectivity index is 3.45. The van der Waals surface area contributed by atoms with Gasteiger partial charge < -0.3 is 15.3 Å². The van der Waals surface area contributed by atoms with Crippen molar-refractivity contribution in [2.45, 2.75) is 135 Å². The maximum atomic E-state index is 10.4. The van der Waals surface area contributed by atoms with E-state index in [4.69, 9.17) is 5.11 Å². The Hall–Kier alpha value is -1.39. The number of aliphatic hydroxyl groups is 2. The van der Waals surface area contributed by atoms with Crippen molar-refractivity contribution in [3.05, 3.63) is 36.5 Å². The summed E-state index contributed by atoms with van der Waals surface area (Å²) < 4.78 is 0. The average molecular weight is 451 g/mol. The average Bonchev–Trinajstić information content (AvgIpc) is 2.76. The van der Waals surface area contributed by atoms with Crippen molar-refractivity contribution in [1.29, 1.82) is 0 Å². The van der Waals surface area contributed by atoms with Crippen LogP contribution in [0.25, 0.3) is 0 Å². The van der Waals surface area contributed by atoms with Crippen LogP contribution in [0.3, 0.4) is 0 Å². The molecule has 0 spiro atoms. The highest BCUT2D eigenvalue weighted by atomic mass is 16.4. The largest absolute Gasteiger partial charge is 0.481 e. The summed E-state index contributed by atoms with van der Waals surface area (Å²) in [6.07, 6.45) is 29.9. The molecule has 0 aromatic carbocycles. The summed E-state index contributed by atoms with van der Waals surface area (Å²) in [5, 5.41) is 28.5. The summed E-state index contributed by atoms with van der Waals surface area (Å²) in [6, 6.07) is 0. The van der Waals surface area contributed by atoms with Gasteiger partial charge in [-0.25, -0.2) is 0 Å². The van der Waals surface area contributed by atoms with Crippen molar-refractivity contribution >= 4 is 5.97 Å². The number of carboxylic acids is 1. The van der Waals surface area contributed by atoms with Gasteiger partial charge in [-0.1, -0.05) is 88.3 Å². The van der Waals surface area contributed by atoms with Crippen LogP contribution >= 0.6 is 0 Å². The number of carbonyl (C=O) groups is 1. The van der Waals surface area contributed by atoms with E-state index >= 15 is 0 Å². The maximum absolute atomic E-state index is 10.4. The maximum Gasteiger partial charge on any atom is 0.303 e. The summed E-state index contributed by atoms with van der Waals surface area (Å²) in [4.78, 5) is 10.4. The minimum Gasteiger partial charge on any atom is -0.481 e. The first-order chi connectivity index (χ1) is 15.6. The molecule has 0 radical (unpaired) electrons. The smallest absolute Gasteiger partial charge is 0.303 e. The fourth-order valence-electron chi connectivity index (χ4n) is 3.57. The third-order valence-corrected chi connectivity index (χ3v) is 5.64. The number of hydrogen-bond acceptors (Lipinski definition) is 3. The van der Waals surface area contributed by atoms with Gasteiger partial charge in [-0.05, 0) is 64.2 Å². The summed E-state index contributed by atoms with van der Waals surface area (Å²) in [7, 11) is 0. The fourth-order valence-corrected chi connectivity index (χ4v) is 3.57. The lowest BCUT2D eigenvalue weighted by molar-refractivity contribution is -0.136. The molecule has 4 heteroatoms. The van der Waals surface area contributed by atoms with Gasteiger partial charge in [-0.2, -0.15) is 0 Å². The van der Waals surface area contributed by atoms with E-state index in [1.165, 1.54) is 64.2 Å². The van der Waals surface area contributed by atoms with Gasteiger partial charge in [0.05, 0.1) is 12.2 Å². The third-order valence-electron chi connectivity index (χ3n) is 5.64. The second-order valence-electron chi connectivity index (χ2n) is 8.90. The van der Waals surface area contributed by atoms with Crippen molar-refractivity contribution in [1.82, 2.24) is 0 Å². The van der Waals surface area contributed by atoms with Crippen molar-refractivity contribution in [3.8, 4) is 0 Å². The minimum atomic E-state index is -0.797. The van der Waals surface area contributed by atoms with Crippen LogP contribution in [0.1, 0.15) is 122 Å². The molecule has 0 fully saturated rings. The van der Waals surface area contributed by atoms with Crippen molar-refractivity contribution < 1.29 is 20.1 Å². The number of hydrogen-bond donors (Lipinski definition) is 3. The lowest BCUT2D eigenvalue weighted by atomic mass is 10.0. The quantitative estimate of drug-likeness (QED) is 0.111. The predicted molar refractivity (Wildman–Crippen MR) is 136 cm³/mol. The monoisotopic (exact) mass is 450 g/mol. The summed E-state index contributed by atoms with van der Waals surface area (Å²) in [6.45, 7) is 2.24. The zero-order valence-corrected chi connectivity index (χ0v) is 20.6. The lowest BCUT2D eigenvalue weighted by Crippen LogP contribution is -2.05. The zero-order valence-electron chi connectivity index (χ0n) is 20.6. The van der Waals surface area contributed by atoms with E-state index in [1.807, 2.05) is 24.3 Å². The van der Waals surface area contributed by atoms with Crippen LogP contribution in [0, 0.1) is 0 Å². The van der Waals surface area contributed by atoms with Gasteiger partial charge in [0.25, 0.3) is 0 Å². The molecule has 0 rings (SSSR count). The second-order valence-corrected chi connectivity index (χ2v) is 8.90. The molecule has 0 bridgehead atoms. The number of aliphatic hydroxyl groups excluding tert-OH is 2. The van der Waals surface area contributed by atoms with Gasteiger partial charge in [-0.3, -0.25) is 4.79 Å². The highest BCUT2D eigenvalue weighted by Crippen LogP contribution is 2.12. The molecule has 0 aliphatic heterocycles. The van der Waals surface area contributed by atoms with Crippen LogP contribution < -0.4 is 0 Å². The molecule has 2 atom stereocenters. The van der Waals surface area contributed by atoms with Gasteiger partial charge in [-0.15, -0.1) is 0 Å². The molecule has 0 amide bonds. The first-order valence-corrected chi connectivity index (χ1v) is 13.1. The lowest BCUT2D eigenvalue weighted by Gasteiger charge is -2.08. The molecule has 32 heavy (non-hydrogen) atoms. The van der Waals surface area contributed by atoms with Crippen molar-refractivity contribution in [2.24, 2.45) is 0 Å². The Kier molecular flexibility index (Phi) is 23.2. The van der Waals surface area contributed by atoms with E-state index in [-0.39, 0.29) is 12.5 Å². The van der Waals surface area contributed by atoms with Crippen LogP contribution in [-0.4, -0.2) is 33.5 Å². The van der Waals surface area contributed by atoms with E-state index in [1.54, 1.807) is 0 Å². The van der Waals surface area contributed by atoms with Gasteiger partial charge >= 0.3 is 5.97 Å². The molecule has 0 aromatic rings. The summed E-state index contributed by atoms with van der Waals surface area (Å²) in [5.41, 5.74) is 0. The standard InChI is InChI=1S/C28H50O4/c1-2-3-4-5-6-7-8-9-10-11-12-13-16-21-26(29)22-17-14-18-23-27(30)24-19-15-20-25-28(31)32/h6-7,14-15,17,19,26-27,29-30H,2-5,8-13,16,18,20-25H2,1H3,(H,31,32)/b7-6-,17-14-,19-15-. The second kappa shape index (κ2) is 24.3. The number of rotatable bonds is 23. The molecule has 2 unspecified atom stereocenters. The summed E-state index contributed by atoms with van der Waals surface area (Å²) in [5.74, 6) is -0.797.